The summed E-state index contributed by atoms with van der Waals surface area (Å²) in [6, 6.07) is 5.56. The van der Waals surface area contributed by atoms with Crippen molar-refractivity contribution in [3.8, 4) is 0 Å². The smallest absolute Gasteiger partial charge is 0.319 e. The summed E-state index contributed by atoms with van der Waals surface area (Å²) in [6.45, 7) is 4.33. The van der Waals surface area contributed by atoms with Gasteiger partial charge in [0.05, 0.1) is 0 Å². The van der Waals surface area contributed by atoms with Crippen LogP contribution in [0.5, 0.6) is 0 Å². The molecule has 4 heteroatoms. The molecule has 1 aromatic rings. The molecule has 1 aliphatic rings. The average Bonchev–Trinajstić information content (AvgIpc) is 2.36. The highest BCUT2D eigenvalue weighted by Crippen LogP contribution is 2.31. The second-order valence-corrected chi connectivity index (χ2v) is 5.83. The first-order valence-electron chi connectivity index (χ1n) is 6.82. The molecule has 0 aliphatic heterocycles. The third kappa shape index (κ3) is 3.94. The second-order valence-electron chi connectivity index (χ2n) is 5.83. The van der Waals surface area contributed by atoms with E-state index in [2.05, 4.69) is 24.5 Å². The van der Waals surface area contributed by atoms with Gasteiger partial charge in [0.15, 0.2) is 0 Å². The van der Waals surface area contributed by atoms with Gasteiger partial charge < -0.3 is 10.6 Å². The Morgan fingerprint density at radius 3 is 2.42 bits per heavy atom. The summed E-state index contributed by atoms with van der Waals surface area (Å²) in [7, 11) is 0. The molecule has 0 heterocycles. The summed E-state index contributed by atoms with van der Waals surface area (Å²) in [5.41, 5.74) is 0.475. The molecular weight excluding hydrogens is 243 g/mol. The van der Waals surface area contributed by atoms with Gasteiger partial charge in [-0.3, -0.25) is 0 Å². The van der Waals surface area contributed by atoms with Crippen LogP contribution in [-0.2, 0) is 0 Å². The van der Waals surface area contributed by atoms with E-state index in [-0.39, 0.29) is 17.4 Å². The number of hydrogen-bond donors (Lipinski definition) is 2. The average molecular weight is 264 g/mol. The summed E-state index contributed by atoms with van der Waals surface area (Å²) < 4.78 is 12.8. The minimum Gasteiger partial charge on any atom is -0.333 e. The van der Waals surface area contributed by atoms with Crippen molar-refractivity contribution in [1.82, 2.24) is 5.32 Å². The number of anilines is 1. The molecule has 2 N–H and O–H groups in total. The molecule has 0 spiro atoms. The lowest BCUT2D eigenvalue weighted by Gasteiger charge is -2.37. The van der Waals surface area contributed by atoms with Crippen LogP contribution in [0.4, 0.5) is 14.9 Å². The second kappa shape index (κ2) is 5.59. The van der Waals surface area contributed by atoms with Crippen LogP contribution >= 0.6 is 0 Å². The monoisotopic (exact) mass is 264 g/mol. The number of amides is 2. The molecule has 0 atom stereocenters. The van der Waals surface area contributed by atoms with Crippen LogP contribution in [0.3, 0.4) is 0 Å². The van der Waals surface area contributed by atoms with Gasteiger partial charge in [0.1, 0.15) is 5.82 Å². The topological polar surface area (TPSA) is 41.1 Å². The van der Waals surface area contributed by atoms with Crippen LogP contribution in [0, 0.1) is 11.7 Å². The lowest BCUT2D eigenvalue weighted by molar-refractivity contribution is 0.204. The molecule has 0 radical (unpaired) electrons. The van der Waals surface area contributed by atoms with Crippen LogP contribution in [0.25, 0.3) is 0 Å². The van der Waals surface area contributed by atoms with Crippen molar-refractivity contribution >= 4 is 11.7 Å². The highest BCUT2D eigenvalue weighted by molar-refractivity contribution is 5.89. The van der Waals surface area contributed by atoms with Crippen LogP contribution < -0.4 is 10.6 Å². The Kier molecular flexibility index (Phi) is 4.08. The van der Waals surface area contributed by atoms with Crippen molar-refractivity contribution in [2.75, 3.05) is 5.32 Å². The Labute approximate surface area is 113 Å². The molecule has 1 aliphatic carbocycles. The minimum absolute atomic E-state index is 0.128. The van der Waals surface area contributed by atoms with E-state index in [1.165, 1.54) is 12.1 Å². The third-order valence-corrected chi connectivity index (χ3v) is 3.90. The van der Waals surface area contributed by atoms with Crippen LogP contribution in [0.2, 0.25) is 0 Å². The molecule has 104 valence electrons. The van der Waals surface area contributed by atoms with E-state index in [0.717, 1.165) is 31.6 Å². The summed E-state index contributed by atoms with van der Waals surface area (Å²) in [6.07, 6.45) is 4.30. The molecule has 3 nitrogen and oxygen atoms in total. The highest BCUT2D eigenvalue weighted by Gasteiger charge is 2.30. The maximum absolute atomic E-state index is 12.8. The van der Waals surface area contributed by atoms with Gasteiger partial charge in [-0.1, -0.05) is 6.92 Å². The third-order valence-electron chi connectivity index (χ3n) is 3.90. The van der Waals surface area contributed by atoms with Gasteiger partial charge in [-0.05, 0) is 62.8 Å². The lowest BCUT2D eigenvalue weighted by Crippen LogP contribution is -2.49. The number of urea groups is 1. The van der Waals surface area contributed by atoms with Crippen LogP contribution in [0.15, 0.2) is 24.3 Å². The van der Waals surface area contributed by atoms with Crippen molar-refractivity contribution in [2.24, 2.45) is 5.92 Å². The quantitative estimate of drug-likeness (QED) is 0.835. The molecule has 2 rings (SSSR count). The fraction of sp³-hybridized carbons (Fsp3) is 0.533. The number of carbonyl (C=O) groups excluding carboxylic acids is 1. The molecule has 2 amide bonds. The minimum atomic E-state index is -0.306. The lowest BCUT2D eigenvalue weighted by atomic mass is 9.78. The van der Waals surface area contributed by atoms with Crippen LogP contribution in [0.1, 0.15) is 39.5 Å². The van der Waals surface area contributed by atoms with Crippen molar-refractivity contribution in [1.29, 1.82) is 0 Å². The van der Waals surface area contributed by atoms with E-state index < -0.39 is 0 Å². The molecule has 1 saturated carbocycles. The first kappa shape index (κ1) is 13.8. The Bertz CT molecular complexity index is 436. The Balaban J connectivity index is 1.88. The fourth-order valence-electron chi connectivity index (χ4n) is 2.49. The SMILES string of the molecule is CC1CCC(C)(NC(=O)Nc2ccc(F)cc2)CC1. The molecule has 1 aromatic carbocycles. The molecular formula is C15H21FN2O. The maximum atomic E-state index is 12.8. The molecule has 1 fully saturated rings. The van der Waals surface area contributed by atoms with Gasteiger partial charge >= 0.3 is 6.03 Å². The zero-order valence-electron chi connectivity index (χ0n) is 11.5. The van der Waals surface area contributed by atoms with Crippen molar-refractivity contribution in [3.63, 3.8) is 0 Å². The van der Waals surface area contributed by atoms with E-state index in [1.54, 1.807) is 12.1 Å². The van der Waals surface area contributed by atoms with E-state index in [4.69, 9.17) is 0 Å². The van der Waals surface area contributed by atoms with Gasteiger partial charge in [0, 0.05) is 11.2 Å². The largest absolute Gasteiger partial charge is 0.333 e. The van der Waals surface area contributed by atoms with Gasteiger partial charge in [-0.15, -0.1) is 0 Å². The molecule has 0 bridgehead atoms. The number of benzene rings is 1. The van der Waals surface area contributed by atoms with E-state index in [9.17, 15) is 9.18 Å². The van der Waals surface area contributed by atoms with Crippen molar-refractivity contribution < 1.29 is 9.18 Å². The number of carbonyl (C=O) groups is 1. The Morgan fingerprint density at radius 1 is 1.26 bits per heavy atom. The van der Waals surface area contributed by atoms with E-state index >= 15 is 0 Å². The first-order valence-corrected chi connectivity index (χ1v) is 6.82. The predicted octanol–water partition coefficient (Wildman–Crippen LogP) is 3.92. The number of nitrogens with one attached hydrogen (secondary N) is 2. The molecule has 0 saturated heterocycles. The van der Waals surface area contributed by atoms with Crippen molar-refractivity contribution in [3.05, 3.63) is 30.1 Å². The zero-order valence-corrected chi connectivity index (χ0v) is 11.5. The Morgan fingerprint density at radius 2 is 1.84 bits per heavy atom. The number of hydrogen-bond acceptors (Lipinski definition) is 1. The molecule has 0 aromatic heterocycles. The standard InChI is InChI=1S/C15H21FN2O/c1-11-7-9-15(2,10-8-11)18-14(19)17-13-5-3-12(16)4-6-13/h3-6,11H,7-10H2,1-2H3,(H2,17,18,19). The number of halogens is 1. The summed E-state index contributed by atoms with van der Waals surface area (Å²) >= 11 is 0. The summed E-state index contributed by atoms with van der Waals surface area (Å²) in [5.74, 6) is 0.439. The maximum Gasteiger partial charge on any atom is 0.319 e. The van der Waals surface area contributed by atoms with Crippen molar-refractivity contribution in [2.45, 2.75) is 45.1 Å². The van der Waals surface area contributed by atoms with E-state index in [0.29, 0.717) is 5.69 Å². The fourth-order valence-corrected chi connectivity index (χ4v) is 2.49. The first-order chi connectivity index (χ1) is 8.97. The molecule has 19 heavy (non-hydrogen) atoms. The van der Waals surface area contributed by atoms with E-state index in [1.807, 2.05) is 0 Å². The number of rotatable bonds is 2. The van der Waals surface area contributed by atoms with Crippen LogP contribution in [-0.4, -0.2) is 11.6 Å². The highest BCUT2D eigenvalue weighted by atomic mass is 19.1. The zero-order chi connectivity index (χ0) is 13.9. The van der Waals surface area contributed by atoms with Gasteiger partial charge in [-0.25, -0.2) is 9.18 Å². The van der Waals surface area contributed by atoms with Gasteiger partial charge in [-0.2, -0.15) is 0 Å². The normalized spacial score (nSPS) is 26.8. The Hall–Kier alpha value is -1.58. The predicted molar refractivity (Wildman–Crippen MR) is 74.6 cm³/mol. The summed E-state index contributed by atoms with van der Waals surface area (Å²) in [5, 5.41) is 5.77. The van der Waals surface area contributed by atoms with Gasteiger partial charge in [0.2, 0.25) is 0 Å². The van der Waals surface area contributed by atoms with Gasteiger partial charge in [0.25, 0.3) is 0 Å². The molecule has 0 unspecified atom stereocenters. The summed E-state index contributed by atoms with van der Waals surface area (Å²) in [4.78, 5) is 11.9.